The summed E-state index contributed by atoms with van der Waals surface area (Å²) < 4.78 is 9.07. The van der Waals surface area contributed by atoms with Crippen molar-refractivity contribution in [1.29, 1.82) is 0 Å². The van der Waals surface area contributed by atoms with Gasteiger partial charge in [-0.1, -0.05) is 17.7 Å². The molecule has 1 atom stereocenters. The number of ether oxygens (including phenoxy) is 1. The first-order valence-corrected chi connectivity index (χ1v) is 8.79. The lowest BCUT2D eigenvalue weighted by atomic mass is 10.0. The van der Waals surface area contributed by atoms with E-state index in [-0.39, 0.29) is 23.8 Å². The van der Waals surface area contributed by atoms with Gasteiger partial charge in [-0.15, -0.1) is 0 Å². The molecule has 1 N–H and O–H groups in total. The summed E-state index contributed by atoms with van der Waals surface area (Å²) in [6.45, 7) is 3.38. The summed E-state index contributed by atoms with van der Waals surface area (Å²) in [6.07, 6.45) is 1.46. The predicted molar refractivity (Wildman–Crippen MR) is 105 cm³/mol. The van der Waals surface area contributed by atoms with Gasteiger partial charge in [0.15, 0.2) is 11.2 Å². The number of carbonyl (C=O) groups excluding carboxylic acids is 1. The zero-order chi connectivity index (χ0) is 20.6. The summed E-state index contributed by atoms with van der Waals surface area (Å²) in [5, 5.41) is 2.83. The molecule has 3 aromatic rings. The summed E-state index contributed by atoms with van der Waals surface area (Å²) in [5.74, 6) is 0.208. The van der Waals surface area contributed by atoms with Crippen LogP contribution in [0, 0.1) is 6.92 Å². The van der Waals surface area contributed by atoms with Gasteiger partial charge in [0.1, 0.15) is 12.3 Å². The highest BCUT2D eigenvalue weighted by atomic mass is 16.5. The van der Waals surface area contributed by atoms with E-state index >= 15 is 0 Å². The number of hydrogen-bond acceptors (Lipinski definition) is 5. The molecule has 0 fully saturated rings. The number of imidazole rings is 1. The van der Waals surface area contributed by atoms with Gasteiger partial charge >= 0.3 is 5.69 Å². The number of aryl methyl sites for hydroxylation is 3. The quantitative estimate of drug-likeness (QED) is 0.694. The first kappa shape index (κ1) is 19.4. The third-order valence-electron chi connectivity index (χ3n) is 4.73. The van der Waals surface area contributed by atoms with Crippen molar-refractivity contribution in [3.05, 3.63) is 56.5 Å². The van der Waals surface area contributed by atoms with Crippen molar-refractivity contribution in [3.8, 4) is 5.75 Å². The van der Waals surface area contributed by atoms with Crippen LogP contribution < -0.4 is 21.3 Å². The molecular formula is C19H23N5O4. The molecule has 0 aliphatic rings. The number of carbonyl (C=O) groups is 1. The van der Waals surface area contributed by atoms with Gasteiger partial charge in [-0.05, 0) is 19.9 Å². The minimum absolute atomic E-state index is 0.267. The molecular weight excluding hydrogens is 362 g/mol. The zero-order valence-corrected chi connectivity index (χ0v) is 16.5. The summed E-state index contributed by atoms with van der Waals surface area (Å²) in [5.41, 5.74) is 1.26. The van der Waals surface area contributed by atoms with E-state index in [1.807, 2.05) is 32.0 Å². The molecule has 0 aliphatic heterocycles. The monoisotopic (exact) mass is 385 g/mol. The van der Waals surface area contributed by atoms with Gasteiger partial charge in [-0.3, -0.25) is 14.2 Å². The average molecular weight is 385 g/mol. The van der Waals surface area contributed by atoms with E-state index in [0.29, 0.717) is 5.75 Å². The van der Waals surface area contributed by atoms with Crippen molar-refractivity contribution in [2.45, 2.75) is 26.4 Å². The molecule has 0 spiro atoms. The molecule has 9 nitrogen and oxygen atoms in total. The highest BCUT2D eigenvalue weighted by molar-refractivity contribution is 5.77. The van der Waals surface area contributed by atoms with Gasteiger partial charge < -0.3 is 14.6 Å². The van der Waals surface area contributed by atoms with Crippen LogP contribution in [0.25, 0.3) is 11.2 Å². The fourth-order valence-electron chi connectivity index (χ4n) is 3.24. The predicted octanol–water partition coefficient (Wildman–Crippen LogP) is 0.628. The molecule has 9 heteroatoms. The first-order chi connectivity index (χ1) is 13.2. The van der Waals surface area contributed by atoms with Gasteiger partial charge in [0.05, 0.1) is 19.5 Å². The summed E-state index contributed by atoms with van der Waals surface area (Å²) in [7, 11) is 4.75. The van der Waals surface area contributed by atoms with Crippen LogP contribution in [0.4, 0.5) is 0 Å². The third-order valence-corrected chi connectivity index (χ3v) is 4.73. The second-order valence-electron chi connectivity index (χ2n) is 6.80. The number of hydrogen-bond donors (Lipinski definition) is 1. The standard InChI is InChI=1S/C19H23N5O4/c1-11-6-7-14(28-5)13(8-11)12(2)21-15(25)9-24-18(26)16-17(20-10-22(16)3)23(4)19(24)27/h6-8,10,12H,9H2,1-5H3,(H,21,25)/t12-/m1/s1. The molecule has 3 rings (SSSR count). The Morgan fingerprint density at radius 1 is 1.29 bits per heavy atom. The summed E-state index contributed by atoms with van der Waals surface area (Å²) >= 11 is 0. The van der Waals surface area contributed by atoms with Crippen molar-refractivity contribution in [2.75, 3.05) is 7.11 Å². The Kier molecular flexibility index (Phi) is 5.08. The molecule has 2 aromatic heterocycles. The lowest BCUT2D eigenvalue weighted by Gasteiger charge is -2.18. The van der Waals surface area contributed by atoms with E-state index in [2.05, 4.69) is 10.3 Å². The van der Waals surface area contributed by atoms with Crippen LogP contribution in [-0.2, 0) is 25.4 Å². The maximum atomic E-state index is 12.7. The minimum Gasteiger partial charge on any atom is -0.496 e. The minimum atomic E-state index is -0.591. The number of amides is 1. The lowest BCUT2D eigenvalue weighted by Crippen LogP contribution is -2.43. The van der Waals surface area contributed by atoms with Crippen molar-refractivity contribution in [2.24, 2.45) is 14.1 Å². The SMILES string of the molecule is COc1ccc(C)cc1[C@@H](C)NC(=O)Cn1c(=O)c2c(ncn2C)n(C)c1=O. The first-order valence-electron chi connectivity index (χ1n) is 8.79. The van der Waals surface area contributed by atoms with E-state index < -0.39 is 17.2 Å². The van der Waals surface area contributed by atoms with Gasteiger partial charge in [0.2, 0.25) is 5.91 Å². The number of benzene rings is 1. The van der Waals surface area contributed by atoms with Crippen molar-refractivity contribution >= 4 is 17.1 Å². The van der Waals surface area contributed by atoms with Crippen LogP contribution in [0.15, 0.2) is 34.1 Å². The molecule has 2 heterocycles. The average Bonchev–Trinajstić information content (AvgIpc) is 3.05. The Morgan fingerprint density at radius 2 is 2.00 bits per heavy atom. The summed E-state index contributed by atoms with van der Waals surface area (Å²) in [4.78, 5) is 41.9. The lowest BCUT2D eigenvalue weighted by molar-refractivity contribution is -0.122. The number of nitrogens with one attached hydrogen (secondary N) is 1. The Bertz CT molecular complexity index is 1170. The maximum Gasteiger partial charge on any atom is 0.332 e. The van der Waals surface area contributed by atoms with Crippen molar-refractivity contribution in [1.82, 2.24) is 24.0 Å². The molecule has 0 saturated carbocycles. The number of methoxy groups -OCH3 is 1. The van der Waals surface area contributed by atoms with E-state index in [1.54, 1.807) is 14.2 Å². The maximum absolute atomic E-state index is 12.7. The van der Waals surface area contributed by atoms with E-state index in [4.69, 9.17) is 4.74 Å². The topological polar surface area (TPSA) is 100 Å². The fraction of sp³-hybridized carbons (Fsp3) is 0.368. The highest BCUT2D eigenvalue weighted by Crippen LogP contribution is 2.25. The fourth-order valence-corrected chi connectivity index (χ4v) is 3.24. The van der Waals surface area contributed by atoms with Crippen LogP contribution in [0.5, 0.6) is 5.75 Å². The van der Waals surface area contributed by atoms with Crippen molar-refractivity contribution in [3.63, 3.8) is 0 Å². The van der Waals surface area contributed by atoms with Crippen LogP contribution in [0.1, 0.15) is 24.1 Å². The molecule has 1 amide bonds. The van der Waals surface area contributed by atoms with Crippen LogP contribution in [0.2, 0.25) is 0 Å². The molecule has 1 aromatic carbocycles. The molecule has 0 aliphatic carbocycles. The van der Waals surface area contributed by atoms with E-state index in [1.165, 1.54) is 22.5 Å². The van der Waals surface area contributed by atoms with Gasteiger partial charge in [0.25, 0.3) is 5.56 Å². The largest absolute Gasteiger partial charge is 0.496 e. The van der Waals surface area contributed by atoms with Crippen molar-refractivity contribution < 1.29 is 9.53 Å². The van der Waals surface area contributed by atoms with Crippen LogP contribution in [-0.4, -0.2) is 31.7 Å². The second-order valence-corrected chi connectivity index (χ2v) is 6.80. The Labute approximate surface area is 161 Å². The Hall–Kier alpha value is -3.36. The number of rotatable bonds is 5. The Balaban J connectivity index is 1.90. The number of nitrogens with zero attached hydrogens (tertiary/aromatic N) is 4. The smallest absolute Gasteiger partial charge is 0.332 e. The van der Waals surface area contributed by atoms with E-state index in [0.717, 1.165) is 15.7 Å². The molecule has 28 heavy (non-hydrogen) atoms. The number of aromatic nitrogens is 4. The highest BCUT2D eigenvalue weighted by Gasteiger charge is 2.19. The number of fused-ring (bicyclic) bond motifs is 1. The van der Waals surface area contributed by atoms with Crippen LogP contribution >= 0.6 is 0 Å². The zero-order valence-electron chi connectivity index (χ0n) is 16.5. The molecule has 0 bridgehead atoms. The van der Waals surface area contributed by atoms with E-state index in [9.17, 15) is 14.4 Å². The molecule has 0 saturated heterocycles. The second kappa shape index (κ2) is 7.34. The molecule has 148 valence electrons. The van der Waals surface area contributed by atoms with Gasteiger partial charge in [-0.25, -0.2) is 14.3 Å². The van der Waals surface area contributed by atoms with Crippen LogP contribution in [0.3, 0.4) is 0 Å². The van der Waals surface area contributed by atoms with Gasteiger partial charge in [-0.2, -0.15) is 0 Å². The Morgan fingerprint density at radius 3 is 2.68 bits per heavy atom. The molecule has 0 unspecified atom stereocenters. The normalized spacial score (nSPS) is 12.2. The van der Waals surface area contributed by atoms with Gasteiger partial charge in [0, 0.05) is 19.7 Å². The molecule has 0 radical (unpaired) electrons. The summed E-state index contributed by atoms with van der Waals surface area (Å²) in [6, 6.07) is 5.33. The third kappa shape index (κ3) is 3.30.